The summed E-state index contributed by atoms with van der Waals surface area (Å²) in [5.41, 5.74) is -0.193. The minimum atomic E-state index is -3.46. The summed E-state index contributed by atoms with van der Waals surface area (Å²) >= 11 is 0. The van der Waals surface area contributed by atoms with Gasteiger partial charge in [-0.1, -0.05) is 34.6 Å². The number of hydrogen-bond donors (Lipinski definition) is 0. The zero-order valence-electron chi connectivity index (χ0n) is 10.8. The Labute approximate surface area is 104 Å². The van der Waals surface area contributed by atoms with E-state index < -0.39 is 14.5 Å². The first-order valence-electron chi connectivity index (χ1n) is 5.41. The van der Waals surface area contributed by atoms with Crippen molar-refractivity contribution in [1.82, 2.24) is 0 Å². The minimum absolute atomic E-state index is 0.0585. The van der Waals surface area contributed by atoms with Gasteiger partial charge in [0.1, 0.15) is 0 Å². The van der Waals surface area contributed by atoms with Gasteiger partial charge in [0.25, 0.3) is 0 Å². The monoisotopic (exact) mass is 270 g/mol. The van der Waals surface area contributed by atoms with Crippen molar-refractivity contribution in [3.05, 3.63) is 0 Å². The van der Waals surface area contributed by atoms with E-state index in [9.17, 15) is 8.42 Å². The maximum Gasteiger partial charge on any atom is 0.233 e. The van der Waals surface area contributed by atoms with E-state index in [0.717, 1.165) is 6.42 Å². The quantitative estimate of drug-likeness (QED) is 0.550. The third kappa shape index (κ3) is 10.7. The predicted molar refractivity (Wildman–Crippen MR) is 68.3 cm³/mol. The third-order valence-electron chi connectivity index (χ3n) is 2.05. The zero-order valence-corrected chi connectivity index (χ0v) is 12.4. The van der Waals surface area contributed by atoms with Crippen molar-refractivity contribution in [2.75, 3.05) is 19.0 Å². The van der Waals surface area contributed by atoms with Crippen molar-refractivity contribution in [2.45, 2.75) is 41.0 Å². The lowest BCUT2D eigenvalue weighted by molar-refractivity contribution is 0.0569. The van der Waals surface area contributed by atoms with Crippen molar-refractivity contribution in [1.29, 1.82) is 0 Å². The van der Waals surface area contributed by atoms with Gasteiger partial charge in [0.2, 0.25) is 9.05 Å². The van der Waals surface area contributed by atoms with Gasteiger partial charge in [-0.3, -0.25) is 0 Å². The highest BCUT2D eigenvalue weighted by atomic mass is 35.7. The smallest absolute Gasteiger partial charge is 0.233 e. The van der Waals surface area contributed by atoms with Crippen LogP contribution in [0.15, 0.2) is 0 Å². The van der Waals surface area contributed by atoms with Crippen LogP contribution in [-0.4, -0.2) is 27.4 Å². The highest BCUT2D eigenvalue weighted by molar-refractivity contribution is 8.13. The molecule has 0 atom stereocenters. The first-order chi connectivity index (χ1) is 6.91. The summed E-state index contributed by atoms with van der Waals surface area (Å²) in [7, 11) is 1.76. The Hall–Kier alpha value is 0.200. The van der Waals surface area contributed by atoms with Crippen molar-refractivity contribution >= 4 is 19.7 Å². The minimum Gasteiger partial charge on any atom is -0.381 e. The second-order valence-electron chi connectivity index (χ2n) is 6.21. The number of halogens is 1. The summed E-state index contributed by atoms with van der Waals surface area (Å²) in [4.78, 5) is 0. The van der Waals surface area contributed by atoms with Crippen LogP contribution in [0.3, 0.4) is 0 Å². The Morgan fingerprint density at radius 3 is 2.00 bits per heavy atom. The van der Waals surface area contributed by atoms with Gasteiger partial charge in [-0.05, 0) is 11.8 Å². The van der Waals surface area contributed by atoms with E-state index in [2.05, 4.69) is 20.8 Å². The molecule has 0 saturated carbocycles. The van der Waals surface area contributed by atoms with Crippen LogP contribution in [0.1, 0.15) is 41.0 Å². The van der Waals surface area contributed by atoms with E-state index in [1.807, 2.05) is 13.8 Å². The molecule has 0 fully saturated rings. The molecule has 0 rings (SSSR count). The van der Waals surface area contributed by atoms with E-state index in [0.29, 0.717) is 13.2 Å². The standard InChI is InChI=1S/C11H23ClO3S/c1-10(2,3)6-7-15-8-11(4,5)9-16(12,13)14/h6-9H2,1-5H3. The Balaban J connectivity index is 3.92. The van der Waals surface area contributed by atoms with Crippen molar-refractivity contribution in [3.63, 3.8) is 0 Å². The molecule has 0 amide bonds. The molecule has 0 N–H and O–H groups in total. The average Bonchev–Trinajstić information content (AvgIpc) is 1.91. The molecule has 0 bridgehead atoms. The molecule has 0 aliphatic carbocycles. The first kappa shape index (κ1) is 16.2. The van der Waals surface area contributed by atoms with Crippen LogP contribution < -0.4 is 0 Å². The fraction of sp³-hybridized carbons (Fsp3) is 1.00. The second-order valence-corrected chi connectivity index (χ2v) is 8.99. The van der Waals surface area contributed by atoms with E-state index in [4.69, 9.17) is 15.4 Å². The summed E-state index contributed by atoms with van der Waals surface area (Å²) in [5.74, 6) is -0.0585. The van der Waals surface area contributed by atoms with Crippen LogP contribution in [0.4, 0.5) is 0 Å². The van der Waals surface area contributed by atoms with Gasteiger partial charge >= 0.3 is 0 Å². The lowest BCUT2D eigenvalue weighted by atomic mass is 9.93. The van der Waals surface area contributed by atoms with Crippen LogP contribution in [0, 0.1) is 10.8 Å². The molecule has 0 radical (unpaired) electrons. The average molecular weight is 271 g/mol. The molecular weight excluding hydrogens is 248 g/mol. The molecule has 0 spiro atoms. The molecule has 0 aromatic carbocycles. The number of hydrogen-bond acceptors (Lipinski definition) is 3. The summed E-state index contributed by atoms with van der Waals surface area (Å²) in [6.07, 6.45) is 0.955. The molecule has 0 aromatic rings. The van der Waals surface area contributed by atoms with Gasteiger partial charge in [0.05, 0.1) is 12.4 Å². The summed E-state index contributed by atoms with van der Waals surface area (Å²) in [6.45, 7) is 11.2. The van der Waals surface area contributed by atoms with E-state index in [1.54, 1.807) is 0 Å². The van der Waals surface area contributed by atoms with E-state index in [-0.39, 0.29) is 11.2 Å². The van der Waals surface area contributed by atoms with Crippen molar-refractivity contribution in [2.24, 2.45) is 10.8 Å². The largest absolute Gasteiger partial charge is 0.381 e. The first-order valence-corrected chi connectivity index (χ1v) is 7.89. The molecule has 0 heterocycles. The maximum atomic E-state index is 10.9. The predicted octanol–water partition coefficient (Wildman–Crippen LogP) is 3.03. The lowest BCUT2D eigenvalue weighted by Crippen LogP contribution is -2.27. The zero-order chi connectivity index (χ0) is 13.0. The summed E-state index contributed by atoms with van der Waals surface area (Å²) in [5, 5.41) is 0. The Morgan fingerprint density at radius 1 is 1.12 bits per heavy atom. The lowest BCUT2D eigenvalue weighted by Gasteiger charge is -2.24. The van der Waals surface area contributed by atoms with Crippen LogP contribution in [-0.2, 0) is 13.8 Å². The van der Waals surface area contributed by atoms with E-state index in [1.165, 1.54) is 0 Å². The molecule has 98 valence electrons. The van der Waals surface area contributed by atoms with Gasteiger partial charge in [-0.25, -0.2) is 8.42 Å². The highest BCUT2D eigenvalue weighted by Crippen LogP contribution is 2.22. The van der Waals surface area contributed by atoms with Crippen LogP contribution in [0.5, 0.6) is 0 Å². The van der Waals surface area contributed by atoms with Crippen LogP contribution in [0.2, 0.25) is 0 Å². The van der Waals surface area contributed by atoms with Gasteiger partial charge in [0, 0.05) is 22.7 Å². The molecule has 5 heteroatoms. The van der Waals surface area contributed by atoms with Gasteiger partial charge < -0.3 is 4.74 Å². The van der Waals surface area contributed by atoms with Crippen molar-refractivity contribution in [3.8, 4) is 0 Å². The fourth-order valence-electron chi connectivity index (χ4n) is 1.24. The highest BCUT2D eigenvalue weighted by Gasteiger charge is 2.25. The van der Waals surface area contributed by atoms with Gasteiger partial charge in [-0.15, -0.1) is 0 Å². The van der Waals surface area contributed by atoms with E-state index >= 15 is 0 Å². The van der Waals surface area contributed by atoms with Gasteiger partial charge in [0.15, 0.2) is 0 Å². The van der Waals surface area contributed by atoms with Crippen molar-refractivity contribution < 1.29 is 13.2 Å². The second kappa shape index (κ2) is 5.69. The van der Waals surface area contributed by atoms with Crippen LogP contribution >= 0.6 is 10.7 Å². The molecule has 0 aliphatic heterocycles. The van der Waals surface area contributed by atoms with Crippen LogP contribution in [0.25, 0.3) is 0 Å². The molecule has 3 nitrogen and oxygen atoms in total. The SMILES string of the molecule is CC(C)(C)CCOCC(C)(C)CS(=O)(=O)Cl. The molecule has 0 aliphatic rings. The number of rotatable bonds is 6. The molecule has 16 heavy (non-hydrogen) atoms. The summed E-state index contributed by atoms with van der Waals surface area (Å²) in [6, 6.07) is 0. The normalized spacial score (nSPS) is 14.1. The number of ether oxygens (including phenoxy) is 1. The Kier molecular flexibility index (Phi) is 5.77. The molecule has 0 unspecified atom stereocenters. The van der Waals surface area contributed by atoms with Gasteiger partial charge in [-0.2, -0.15) is 0 Å². The maximum absolute atomic E-state index is 10.9. The molecule has 0 saturated heterocycles. The fourth-order valence-corrected chi connectivity index (χ4v) is 3.14. The summed E-state index contributed by atoms with van der Waals surface area (Å²) < 4.78 is 27.4. The topological polar surface area (TPSA) is 43.4 Å². The molecule has 0 aromatic heterocycles. The Morgan fingerprint density at radius 2 is 1.62 bits per heavy atom. The Bertz CT molecular complexity index is 302. The molecular formula is C11H23ClO3S. The third-order valence-corrected chi connectivity index (χ3v) is 3.51.